The van der Waals surface area contributed by atoms with Crippen molar-refractivity contribution < 1.29 is 13.2 Å². The van der Waals surface area contributed by atoms with Gasteiger partial charge in [-0.1, -0.05) is 60.4 Å². The monoisotopic (exact) mass is 368 g/mol. The minimum atomic E-state index is -3.58. The summed E-state index contributed by atoms with van der Waals surface area (Å²) in [6.07, 6.45) is 1.55. The predicted molar refractivity (Wildman–Crippen MR) is 103 cm³/mol. The molecule has 0 fully saturated rings. The van der Waals surface area contributed by atoms with Gasteiger partial charge in [0.15, 0.2) is 0 Å². The Morgan fingerprint density at radius 2 is 1.65 bits per heavy atom. The molecular formula is C20H20N2O3S. The molecule has 5 nitrogen and oxygen atoms in total. The highest BCUT2D eigenvalue weighted by atomic mass is 32.2. The van der Waals surface area contributed by atoms with E-state index in [0.29, 0.717) is 0 Å². The zero-order chi connectivity index (χ0) is 18.7. The van der Waals surface area contributed by atoms with E-state index in [1.807, 2.05) is 48.5 Å². The lowest BCUT2D eigenvalue weighted by Crippen LogP contribution is -2.30. The van der Waals surface area contributed by atoms with E-state index >= 15 is 0 Å². The molecule has 0 atom stereocenters. The molecule has 2 N–H and O–H groups in total. The van der Waals surface area contributed by atoms with Gasteiger partial charge in [-0.3, -0.25) is 4.79 Å². The normalized spacial score (nSPS) is 10.9. The Hall–Kier alpha value is -2.88. The van der Waals surface area contributed by atoms with Crippen LogP contribution in [0, 0.1) is 11.8 Å². The maximum Gasteiger partial charge on any atom is 0.233 e. The molecule has 0 radical (unpaired) electrons. The van der Waals surface area contributed by atoms with Crippen molar-refractivity contribution in [3.63, 3.8) is 0 Å². The lowest BCUT2D eigenvalue weighted by atomic mass is 10.2. The summed E-state index contributed by atoms with van der Waals surface area (Å²) < 4.78 is 26.1. The highest BCUT2D eigenvalue weighted by molar-refractivity contribution is 7.92. The first-order chi connectivity index (χ1) is 12.6. The standard InChI is InChI=1S/C20H20N2O3S/c23-20(21-15-7-12-18-8-3-1-4-9-18)13-16-22-26(24,25)17-14-19-10-5-2-6-11-19/h1-6,8-11,14,17,22H,13,15-16H2,(H,21,23)/b17-14+. The van der Waals surface area contributed by atoms with Gasteiger partial charge in [0, 0.05) is 23.9 Å². The van der Waals surface area contributed by atoms with E-state index in [2.05, 4.69) is 21.9 Å². The van der Waals surface area contributed by atoms with Gasteiger partial charge < -0.3 is 5.32 Å². The second-order valence-electron chi connectivity index (χ2n) is 5.35. The minimum Gasteiger partial charge on any atom is -0.345 e. The lowest BCUT2D eigenvalue weighted by Gasteiger charge is -2.03. The third-order valence-corrected chi connectivity index (χ3v) is 4.38. The molecule has 0 spiro atoms. The van der Waals surface area contributed by atoms with E-state index in [9.17, 15) is 13.2 Å². The first kappa shape index (κ1) is 19.4. The van der Waals surface area contributed by atoms with Gasteiger partial charge in [0.05, 0.1) is 6.54 Å². The maximum atomic E-state index is 11.9. The second kappa shape index (κ2) is 10.2. The van der Waals surface area contributed by atoms with Crippen molar-refractivity contribution in [2.75, 3.05) is 13.1 Å². The van der Waals surface area contributed by atoms with Crippen LogP contribution in [-0.2, 0) is 14.8 Å². The SMILES string of the molecule is O=C(CCNS(=O)(=O)/C=C/c1ccccc1)NCC#Cc1ccccc1. The summed E-state index contributed by atoms with van der Waals surface area (Å²) in [6.45, 7) is 0.244. The number of sulfonamides is 1. The molecule has 6 heteroatoms. The van der Waals surface area contributed by atoms with Crippen LogP contribution in [0.5, 0.6) is 0 Å². The molecule has 0 aromatic heterocycles. The van der Waals surface area contributed by atoms with E-state index in [-0.39, 0.29) is 25.4 Å². The Labute approximate surface area is 154 Å². The minimum absolute atomic E-state index is 0.0272. The molecular weight excluding hydrogens is 348 g/mol. The van der Waals surface area contributed by atoms with Gasteiger partial charge in [-0.2, -0.15) is 0 Å². The summed E-state index contributed by atoms with van der Waals surface area (Å²) in [5.41, 5.74) is 1.66. The summed E-state index contributed by atoms with van der Waals surface area (Å²) in [5, 5.41) is 3.72. The van der Waals surface area contributed by atoms with Crippen molar-refractivity contribution in [3.8, 4) is 11.8 Å². The van der Waals surface area contributed by atoms with E-state index < -0.39 is 10.0 Å². The number of benzene rings is 2. The molecule has 0 aliphatic heterocycles. The zero-order valence-corrected chi connectivity index (χ0v) is 15.0. The summed E-state index contributed by atoms with van der Waals surface area (Å²) in [7, 11) is -3.58. The fraction of sp³-hybridized carbons (Fsp3) is 0.150. The van der Waals surface area contributed by atoms with Gasteiger partial charge in [-0.15, -0.1) is 0 Å². The molecule has 26 heavy (non-hydrogen) atoms. The lowest BCUT2D eigenvalue weighted by molar-refractivity contribution is -0.120. The van der Waals surface area contributed by atoms with Crippen LogP contribution in [0.15, 0.2) is 66.1 Å². The summed E-state index contributed by atoms with van der Waals surface area (Å²) in [4.78, 5) is 11.7. The van der Waals surface area contributed by atoms with Gasteiger partial charge in [0.25, 0.3) is 0 Å². The Morgan fingerprint density at radius 3 is 2.35 bits per heavy atom. The van der Waals surface area contributed by atoms with Crippen molar-refractivity contribution in [1.29, 1.82) is 0 Å². The fourth-order valence-electron chi connectivity index (χ4n) is 1.99. The highest BCUT2D eigenvalue weighted by Gasteiger charge is 2.06. The molecule has 0 bridgehead atoms. The van der Waals surface area contributed by atoms with Crippen LogP contribution in [0.1, 0.15) is 17.5 Å². The van der Waals surface area contributed by atoms with E-state index in [0.717, 1.165) is 16.5 Å². The first-order valence-electron chi connectivity index (χ1n) is 8.08. The topological polar surface area (TPSA) is 75.3 Å². The van der Waals surface area contributed by atoms with Crippen molar-refractivity contribution in [2.45, 2.75) is 6.42 Å². The highest BCUT2D eigenvalue weighted by Crippen LogP contribution is 2.02. The Balaban J connectivity index is 1.69. The maximum absolute atomic E-state index is 11.9. The molecule has 2 aromatic carbocycles. The molecule has 0 unspecified atom stereocenters. The number of nitrogens with one attached hydrogen (secondary N) is 2. The largest absolute Gasteiger partial charge is 0.345 e. The van der Waals surface area contributed by atoms with Crippen molar-refractivity contribution in [2.24, 2.45) is 0 Å². The van der Waals surface area contributed by atoms with Crippen molar-refractivity contribution in [3.05, 3.63) is 77.2 Å². The third kappa shape index (κ3) is 7.79. The van der Waals surface area contributed by atoms with E-state index in [4.69, 9.17) is 0 Å². The summed E-state index contributed by atoms with van der Waals surface area (Å²) in [5.74, 6) is 5.51. The van der Waals surface area contributed by atoms with E-state index in [1.165, 1.54) is 6.08 Å². The van der Waals surface area contributed by atoms with Crippen LogP contribution in [-0.4, -0.2) is 27.4 Å². The molecule has 134 valence electrons. The van der Waals surface area contributed by atoms with Gasteiger partial charge in [-0.25, -0.2) is 13.1 Å². The van der Waals surface area contributed by atoms with E-state index in [1.54, 1.807) is 12.1 Å². The van der Waals surface area contributed by atoms with Crippen LogP contribution in [0.25, 0.3) is 6.08 Å². The molecule has 1 amide bonds. The fourth-order valence-corrected chi connectivity index (χ4v) is 2.81. The Kier molecular flexibility index (Phi) is 7.62. The molecule has 0 aliphatic rings. The summed E-state index contributed by atoms with van der Waals surface area (Å²) in [6, 6.07) is 18.6. The smallest absolute Gasteiger partial charge is 0.233 e. The van der Waals surface area contributed by atoms with Gasteiger partial charge in [-0.05, 0) is 23.8 Å². The van der Waals surface area contributed by atoms with Crippen LogP contribution in [0.2, 0.25) is 0 Å². The molecule has 0 heterocycles. The average Bonchev–Trinajstić information content (AvgIpc) is 2.65. The van der Waals surface area contributed by atoms with Crippen LogP contribution >= 0.6 is 0 Å². The number of rotatable bonds is 7. The molecule has 0 aliphatic carbocycles. The van der Waals surface area contributed by atoms with Crippen LogP contribution in [0.3, 0.4) is 0 Å². The van der Waals surface area contributed by atoms with Crippen molar-refractivity contribution in [1.82, 2.24) is 10.0 Å². The zero-order valence-electron chi connectivity index (χ0n) is 14.2. The number of hydrogen-bond acceptors (Lipinski definition) is 3. The molecule has 0 saturated carbocycles. The number of hydrogen-bond donors (Lipinski definition) is 2. The molecule has 0 saturated heterocycles. The number of carbonyl (C=O) groups is 1. The second-order valence-corrected chi connectivity index (χ2v) is 7.00. The molecule has 2 rings (SSSR count). The van der Waals surface area contributed by atoms with Crippen LogP contribution in [0.4, 0.5) is 0 Å². The first-order valence-corrected chi connectivity index (χ1v) is 9.63. The number of carbonyl (C=O) groups excluding carboxylic acids is 1. The quantitative estimate of drug-likeness (QED) is 0.735. The van der Waals surface area contributed by atoms with Crippen LogP contribution < -0.4 is 10.0 Å². The van der Waals surface area contributed by atoms with Gasteiger partial charge >= 0.3 is 0 Å². The average molecular weight is 368 g/mol. The van der Waals surface area contributed by atoms with Gasteiger partial charge in [0.2, 0.25) is 15.9 Å². The van der Waals surface area contributed by atoms with Gasteiger partial charge in [0.1, 0.15) is 0 Å². The Bertz CT molecular complexity index is 896. The predicted octanol–water partition coefficient (Wildman–Crippen LogP) is 2.13. The molecule has 2 aromatic rings. The summed E-state index contributed by atoms with van der Waals surface area (Å²) >= 11 is 0. The third-order valence-electron chi connectivity index (χ3n) is 3.27. The van der Waals surface area contributed by atoms with Crippen molar-refractivity contribution >= 4 is 22.0 Å². The Morgan fingerprint density at radius 1 is 1.00 bits per heavy atom. The number of amides is 1.